The maximum Gasteiger partial charge on any atom is 0.0184 e. The molecule has 2 heteroatoms. The van der Waals surface area contributed by atoms with Gasteiger partial charge in [-0.25, -0.2) is 0 Å². The second-order valence-corrected chi connectivity index (χ2v) is 5.47. The van der Waals surface area contributed by atoms with Crippen molar-refractivity contribution in [3.63, 3.8) is 0 Å². The first-order valence-corrected chi connectivity index (χ1v) is 5.91. The lowest BCUT2D eigenvalue weighted by atomic mass is 9.92. The average Bonchev–Trinajstić information content (AvgIpc) is 2.00. The van der Waals surface area contributed by atoms with Gasteiger partial charge in [-0.2, -0.15) is 0 Å². The SMILES string of the molecule is C=C(C)CN(C)CC(C)(C)CNCCC. The molecule has 0 radical (unpaired) electrons. The third kappa shape index (κ3) is 8.64. The van der Waals surface area contributed by atoms with Gasteiger partial charge in [-0.15, -0.1) is 0 Å². The molecule has 0 aromatic carbocycles. The monoisotopic (exact) mass is 212 g/mol. The van der Waals surface area contributed by atoms with Gasteiger partial charge in [-0.1, -0.05) is 32.9 Å². The fourth-order valence-electron chi connectivity index (χ4n) is 1.91. The number of likely N-dealkylation sites (N-methyl/N-ethyl adjacent to an activating group) is 1. The Balaban J connectivity index is 3.84. The Morgan fingerprint density at radius 1 is 1.40 bits per heavy atom. The van der Waals surface area contributed by atoms with Gasteiger partial charge in [0, 0.05) is 19.6 Å². The summed E-state index contributed by atoms with van der Waals surface area (Å²) in [5.74, 6) is 0. The summed E-state index contributed by atoms with van der Waals surface area (Å²) >= 11 is 0. The van der Waals surface area contributed by atoms with Crippen LogP contribution in [-0.2, 0) is 0 Å². The van der Waals surface area contributed by atoms with Crippen molar-refractivity contribution in [1.29, 1.82) is 0 Å². The van der Waals surface area contributed by atoms with E-state index >= 15 is 0 Å². The third-order valence-electron chi connectivity index (χ3n) is 2.27. The average molecular weight is 212 g/mol. The van der Waals surface area contributed by atoms with Gasteiger partial charge in [0.15, 0.2) is 0 Å². The smallest absolute Gasteiger partial charge is 0.0184 e. The molecule has 1 N–H and O–H groups in total. The van der Waals surface area contributed by atoms with Crippen LogP contribution in [0.4, 0.5) is 0 Å². The summed E-state index contributed by atoms with van der Waals surface area (Å²) in [6.07, 6.45) is 1.21. The molecule has 0 rings (SSSR count). The van der Waals surface area contributed by atoms with Crippen molar-refractivity contribution in [2.24, 2.45) is 5.41 Å². The Bertz CT molecular complexity index is 185. The van der Waals surface area contributed by atoms with E-state index in [-0.39, 0.29) is 0 Å². The Labute approximate surface area is 95.7 Å². The second kappa shape index (κ2) is 7.02. The molecule has 2 nitrogen and oxygen atoms in total. The van der Waals surface area contributed by atoms with Crippen LogP contribution in [0.1, 0.15) is 34.1 Å². The lowest BCUT2D eigenvalue weighted by Crippen LogP contribution is -2.39. The number of rotatable bonds is 8. The third-order valence-corrected chi connectivity index (χ3v) is 2.27. The number of nitrogens with one attached hydrogen (secondary N) is 1. The highest BCUT2D eigenvalue weighted by molar-refractivity contribution is 4.92. The van der Waals surface area contributed by atoms with Crippen LogP contribution in [0.25, 0.3) is 0 Å². The molecule has 0 unspecified atom stereocenters. The first kappa shape index (κ1) is 14.7. The zero-order chi connectivity index (χ0) is 11.9. The van der Waals surface area contributed by atoms with Crippen molar-refractivity contribution in [3.8, 4) is 0 Å². The molecule has 0 aromatic heterocycles. The van der Waals surface area contributed by atoms with E-state index in [4.69, 9.17) is 0 Å². The molecule has 0 saturated heterocycles. The number of hydrogen-bond donors (Lipinski definition) is 1. The van der Waals surface area contributed by atoms with Gasteiger partial charge < -0.3 is 10.2 Å². The van der Waals surface area contributed by atoms with E-state index in [0.717, 1.165) is 26.2 Å². The summed E-state index contributed by atoms with van der Waals surface area (Å²) in [5.41, 5.74) is 1.56. The minimum Gasteiger partial charge on any atom is -0.316 e. The summed E-state index contributed by atoms with van der Waals surface area (Å²) in [4.78, 5) is 2.34. The molecule has 0 amide bonds. The lowest BCUT2D eigenvalue weighted by molar-refractivity contribution is 0.215. The minimum absolute atomic E-state index is 0.333. The van der Waals surface area contributed by atoms with Crippen LogP contribution >= 0.6 is 0 Å². The van der Waals surface area contributed by atoms with Gasteiger partial charge in [0.25, 0.3) is 0 Å². The number of hydrogen-bond acceptors (Lipinski definition) is 2. The van der Waals surface area contributed by atoms with E-state index in [1.165, 1.54) is 12.0 Å². The van der Waals surface area contributed by atoms with E-state index in [2.05, 4.69) is 51.5 Å². The van der Waals surface area contributed by atoms with Crippen LogP contribution in [0, 0.1) is 5.41 Å². The molecule has 0 saturated carbocycles. The molecular formula is C13H28N2. The van der Waals surface area contributed by atoms with Gasteiger partial charge in [-0.05, 0) is 32.4 Å². The van der Waals surface area contributed by atoms with E-state index in [1.807, 2.05) is 0 Å². The molecule has 0 aliphatic carbocycles. The maximum atomic E-state index is 3.94. The van der Waals surface area contributed by atoms with Crippen molar-refractivity contribution < 1.29 is 0 Å². The van der Waals surface area contributed by atoms with Gasteiger partial charge in [0.2, 0.25) is 0 Å². The van der Waals surface area contributed by atoms with Gasteiger partial charge >= 0.3 is 0 Å². The van der Waals surface area contributed by atoms with Crippen molar-refractivity contribution in [2.45, 2.75) is 34.1 Å². The van der Waals surface area contributed by atoms with Crippen molar-refractivity contribution in [3.05, 3.63) is 12.2 Å². The zero-order valence-electron chi connectivity index (χ0n) is 11.2. The largest absolute Gasteiger partial charge is 0.316 e. The van der Waals surface area contributed by atoms with E-state index < -0.39 is 0 Å². The summed E-state index contributed by atoms with van der Waals surface area (Å²) in [6, 6.07) is 0. The summed E-state index contributed by atoms with van der Waals surface area (Å²) < 4.78 is 0. The molecule has 0 aliphatic rings. The van der Waals surface area contributed by atoms with Gasteiger partial charge in [-0.3, -0.25) is 0 Å². The van der Waals surface area contributed by atoms with Crippen LogP contribution in [0.15, 0.2) is 12.2 Å². The molecule has 0 fully saturated rings. The lowest BCUT2D eigenvalue weighted by Gasteiger charge is -2.30. The summed E-state index contributed by atoms with van der Waals surface area (Å²) in [7, 11) is 2.16. The molecular weight excluding hydrogens is 184 g/mol. The molecule has 0 atom stereocenters. The van der Waals surface area contributed by atoms with Crippen LogP contribution in [0.5, 0.6) is 0 Å². The summed E-state index contributed by atoms with van der Waals surface area (Å²) in [6.45, 7) is 17.2. The Morgan fingerprint density at radius 2 is 2.00 bits per heavy atom. The van der Waals surface area contributed by atoms with E-state index in [1.54, 1.807) is 0 Å². The van der Waals surface area contributed by atoms with Crippen LogP contribution in [0.2, 0.25) is 0 Å². The second-order valence-electron chi connectivity index (χ2n) is 5.47. The topological polar surface area (TPSA) is 15.3 Å². The highest BCUT2D eigenvalue weighted by Crippen LogP contribution is 2.15. The van der Waals surface area contributed by atoms with Gasteiger partial charge in [0.05, 0.1) is 0 Å². The minimum atomic E-state index is 0.333. The molecule has 0 spiro atoms. The Hall–Kier alpha value is -0.340. The fourth-order valence-corrected chi connectivity index (χ4v) is 1.91. The number of nitrogens with zero attached hydrogens (tertiary/aromatic N) is 1. The predicted octanol–water partition coefficient (Wildman–Crippen LogP) is 2.52. The van der Waals surface area contributed by atoms with Crippen molar-refractivity contribution >= 4 is 0 Å². The Kier molecular flexibility index (Phi) is 6.86. The molecule has 0 bridgehead atoms. The zero-order valence-corrected chi connectivity index (χ0v) is 11.2. The van der Waals surface area contributed by atoms with E-state index in [0.29, 0.717) is 5.41 Å². The Morgan fingerprint density at radius 3 is 2.47 bits per heavy atom. The van der Waals surface area contributed by atoms with Crippen LogP contribution in [0.3, 0.4) is 0 Å². The molecule has 0 aliphatic heterocycles. The maximum absolute atomic E-state index is 3.94. The quantitative estimate of drug-likeness (QED) is 0.491. The molecule has 0 heterocycles. The van der Waals surface area contributed by atoms with E-state index in [9.17, 15) is 0 Å². The van der Waals surface area contributed by atoms with Crippen LogP contribution < -0.4 is 5.32 Å². The first-order valence-electron chi connectivity index (χ1n) is 5.91. The highest BCUT2D eigenvalue weighted by Gasteiger charge is 2.19. The fraction of sp³-hybridized carbons (Fsp3) is 0.846. The van der Waals surface area contributed by atoms with Gasteiger partial charge in [0.1, 0.15) is 0 Å². The van der Waals surface area contributed by atoms with Crippen molar-refractivity contribution in [2.75, 3.05) is 33.2 Å². The highest BCUT2D eigenvalue weighted by atomic mass is 15.1. The molecule has 90 valence electrons. The van der Waals surface area contributed by atoms with Crippen molar-refractivity contribution in [1.82, 2.24) is 10.2 Å². The first-order chi connectivity index (χ1) is 6.87. The molecule has 0 aromatic rings. The normalized spacial score (nSPS) is 12.1. The standard InChI is InChI=1S/C13H28N2/c1-7-8-14-10-13(4,5)11-15(6)9-12(2)3/h14H,2,7-11H2,1,3-6H3. The summed E-state index contributed by atoms with van der Waals surface area (Å²) in [5, 5.41) is 3.48. The van der Waals surface area contributed by atoms with Crippen LogP contribution in [-0.4, -0.2) is 38.1 Å². The molecule has 15 heavy (non-hydrogen) atoms. The predicted molar refractivity (Wildman–Crippen MR) is 69.3 cm³/mol.